The van der Waals surface area contributed by atoms with Crippen LogP contribution in [0.1, 0.15) is 32.8 Å². The number of hydrogen-bond acceptors (Lipinski definition) is 1. The Bertz CT molecular complexity index is 641. The van der Waals surface area contributed by atoms with Gasteiger partial charge in [-0.2, -0.15) is 6.08 Å². The maximum absolute atomic E-state index is 9.65. The first-order chi connectivity index (χ1) is 12.2. The first-order valence-electron chi connectivity index (χ1n) is 9.84. The first-order valence-corrected chi connectivity index (χ1v) is 18.3. The number of halogens is 2. The molecule has 0 amide bonds. The molecular weight excluding hydrogens is 495 g/mol. The molecule has 30 heavy (non-hydrogen) atoms. The van der Waals surface area contributed by atoms with Gasteiger partial charge in [0.25, 0.3) is 0 Å². The molecule has 1 aliphatic rings. The van der Waals surface area contributed by atoms with Gasteiger partial charge in [-0.25, -0.2) is 11.3 Å². The van der Waals surface area contributed by atoms with E-state index in [1.54, 1.807) is 0 Å². The van der Waals surface area contributed by atoms with E-state index in [0.717, 1.165) is 21.5 Å². The third kappa shape index (κ3) is 13.1. The zero-order chi connectivity index (χ0) is 21.5. The molecule has 0 aliphatic heterocycles. The van der Waals surface area contributed by atoms with Gasteiger partial charge in [-0.1, -0.05) is 77.9 Å². The molecule has 0 spiro atoms. The molecule has 0 heterocycles. The van der Waals surface area contributed by atoms with E-state index in [1.165, 1.54) is 10.4 Å². The van der Waals surface area contributed by atoms with E-state index >= 15 is 0 Å². The molecule has 0 bridgehead atoms. The summed E-state index contributed by atoms with van der Waals surface area (Å²) >= 11 is 0. The molecule has 1 aliphatic carbocycles. The Labute approximate surface area is 219 Å². The van der Waals surface area contributed by atoms with Crippen LogP contribution in [0.3, 0.4) is 0 Å². The van der Waals surface area contributed by atoms with Crippen LogP contribution in [0, 0.1) is 13.0 Å². The standard InChI is InChI=1S/C13H22OSi.C8H13Si.C2H6Si.2ClH.Ti/c1-10-7-11(14)9-12(8-10)15(5,6)13(2,3)4;1-9(2,3)8-6-4-5-7-8;1-3-2;;;/h7-9,14H,1-6H3;4,6H,5H2,1-3H3;1-2H3;2*1H;/q;-1;;;;. The molecule has 2 radical (unpaired) electrons. The fraction of sp³-hybridized carbons (Fsp3) is 0.565. The molecule has 0 saturated carbocycles. The van der Waals surface area contributed by atoms with Gasteiger partial charge in [0.15, 0.2) is 0 Å². The molecule has 0 saturated heterocycles. The summed E-state index contributed by atoms with van der Waals surface area (Å²) in [5.74, 6) is 0.398. The number of rotatable bonds is 2. The molecule has 0 fully saturated rings. The Morgan fingerprint density at radius 2 is 1.43 bits per heavy atom. The van der Waals surface area contributed by atoms with E-state index in [1.807, 2.05) is 19.1 Å². The van der Waals surface area contributed by atoms with E-state index in [9.17, 15) is 5.11 Å². The number of benzene rings is 1. The van der Waals surface area contributed by atoms with Gasteiger partial charge in [0.2, 0.25) is 0 Å². The van der Waals surface area contributed by atoms with Crippen LogP contribution in [0.4, 0.5) is 0 Å². The number of aromatic hydroxyl groups is 1. The Morgan fingerprint density at radius 3 is 1.70 bits per heavy atom. The first kappa shape index (κ1) is 37.7. The van der Waals surface area contributed by atoms with Crippen LogP contribution in [0.2, 0.25) is 50.9 Å². The third-order valence-corrected chi connectivity index (χ3v) is 12.6. The second-order valence-electron chi connectivity index (χ2n) is 9.88. The zero-order valence-electron chi connectivity index (χ0n) is 20.9. The second kappa shape index (κ2) is 16.1. The van der Waals surface area contributed by atoms with Crippen LogP contribution in [0.5, 0.6) is 5.75 Å². The van der Waals surface area contributed by atoms with Gasteiger partial charge in [0.05, 0.1) is 8.07 Å². The topological polar surface area (TPSA) is 20.2 Å². The molecule has 172 valence electrons. The van der Waals surface area contributed by atoms with Gasteiger partial charge < -0.3 is 5.11 Å². The number of hydrogen-bond donors (Lipinski definition) is 1. The number of aryl methyl sites for hydroxylation is 1. The Balaban J connectivity index is -0.000000195. The SMILES string of the molecule is C[Si](C)(C)C1=[C-]CC=C1.C[Si]C.Cc1cc(O)cc([Si](C)(C)C(C)(C)C)c1.Cl.Cl.[Ti]. The minimum atomic E-state index is -1.50. The molecule has 0 atom stereocenters. The van der Waals surface area contributed by atoms with Gasteiger partial charge in [-0.15, -0.1) is 31.2 Å². The minimum absolute atomic E-state index is 0. The number of allylic oxidation sites excluding steroid dienone is 4. The average Bonchev–Trinajstić information content (AvgIpc) is 3.00. The van der Waals surface area contributed by atoms with Crippen LogP contribution in [0.25, 0.3) is 0 Å². The quantitative estimate of drug-likeness (QED) is 0.304. The van der Waals surface area contributed by atoms with E-state index < -0.39 is 16.1 Å². The Hall–Kier alpha value is 0.445. The normalized spacial score (nSPS) is 12.6. The van der Waals surface area contributed by atoms with Gasteiger partial charge in [0.1, 0.15) is 5.75 Å². The number of phenols is 1. The van der Waals surface area contributed by atoms with Crippen molar-refractivity contribution in [1.82, 2.24) is 0 Å². The van der Waals surface area contributed by atoms with Crippen molar-refractivity contribution >= 4 is 55.7 Å². The summed E-state index contributed by atoms with van der Waals surface area (Å²) < 4.78 is 0. The van der Waals surface area contributed by atoms with E-state index in [4.69, 9.17) is 0 Å². The summed E-state index contributed by atoms with van der Waals surface area (Å²) in [5, 5.41) is 12.8. The molecule has 1 nitrogen and oxygen atoms in total. The van der Waals surface area contributed by atoms with Crippen molar-refractivity contribution in [3.8, 4) is 5.75 Å². The predicted octanol–water partition coefficient (Wildman–Crippen LogP) is 7.60. The van der Waals surface area contributed by atoms with Crippen molar-refractivity contribution in [1.29, 1.82) is 0 Å². The van der Waals surface area contributed by atoms with Crippen molar-refractivity contribution in [2.75, 3.05) is 0 Å². The van der Waals surface area contributed by atoms with Crippen LogP contribution in [0.15, 0.2) is 35.5 Å². The Kier molecular flexibility index (Phi) is 20.3. The summed E-state index contributed by atoms with van der Waals surface area (Å²) in [5.41, 5.74) is 1.15. The summed E-state index contributed by atoms with van der Waals surface area (Å²) in [6.45, 7) is 25.0. The molecular formula is C23H43Cl2OSi3Ti-. The molecule has 7 heteroatoms. The van der Waals surface area contributed by atoms with Gasteiger partial charge in [-0.3, -0.25) is 6.08 Å². The maximum Gasteiger partial charge on any atom is 0.115 e. The summed E-state index contributed by atoms with van der Waals surface area (Å²) in [6, 6.07) is 5.97. The molecule has 0 unspecified atom stereocenters. The number of phenolic OH excluding ortho intramolecular Hbond substituents is 1. The van der Waals surface area contributed by atoms with Gasteiger partial charge >= 0.3 is 0 Å². The van der Waals surface area contributed by atoms with Crippen molar-refractivity contribution in [3.05, 3.63) is 47.2 Å². The van der Waals surface area contributed by atoms with Crippen LogP contribution in [-0.2, 0) is 21.7 Å². The largest absolute Gasteiger partial charge is 0.508 e. The van der Waals surface area contributed by atoms with Crippen LogP contribution < -0.4 is 5.19 Å². The fourth-order valence-corrected chi connectivity index (χ4v) is 5.69. The molecule has 2 rings (SSSR count). The van der Waals surface area contributed by atoms with Crippen molar-refractivity contribution in [3.63, 3.8) is 0 Å². The third-order valence-electron chi connectivity index (χ3n) is 5.16. The van der Waals surface area contributed by atoms with Crippen molar-refractivity contribution < 1.29 is 26.8 Å². The maximum atomic E-state index is 9.65. The monoisotopic (exact) mass is 537 g/mol. The molecule has 0 aromatic heterocycles. The van der Waals surface area contributed by atoms with E-state index in [0.29, 0.717) is 10.8 Å². The Morgan fingerprint density at radius 1 is 0.967 bits per heavy atom. The van der Waals surface area contributed by atoms with Crippen molar-refractivity contribution in [2.24, 2.45) is 0 Å². The van der Waals surface area contributed by atoms with Gasteiger partial charge in [-0.05, 0) is 29.7 Å². The summed E-state index contributed by atoms with van der Waals surface area (Å²) in [4.78, 5) is 0. The fourth-order valence-electron chi connectivity index (χ4n) is 2.48. The van der Waals surface area contributed by atoms with E-state index in [2.05, 4.69) is 90.9 Å². The minimum Gasteiger partial charge on any atom is -0.508 e. The molecule has 1 N–H and O–H groups in total. The van der Waals surface area contributed by atoms with Crippen LogP contribution in [-0.4, -0.2) is 30.8 Å². The van der Waals surface area contributed by atoms with Gasteiger partial charge in [0, 0.05) is 39.3 Å². The van der Waals surface area contributed by atoms with Crippen molar-refractivity contribution in [2.45, 2.75) is 85.0 Å². The summed E-state index contributed by atoms with van der Waals surface area (Å²) in [6.07, 6.45) is 8.82. The second-order valence-corrected chi connectivity index (χ2v) is 21.2. The average molecular weight is 539 g/mol. The zero-order valence-corrected chi connectivity index (χ0v) is 27.1. The predicted molar refractivity (Wildman–Crippen MR) is 146 cm³/mol. The smallest absolute Gasteiger partial charge is 0.115 e. The molecule has 1 aromatic rings. The summed E-state index contributed by atoms with van der Waals surface area (Å²) in [7, 11) is -1.43. The van der Waals surface area contributed by atoms with Crippen LogP contribution >= 0.6 is 24.8 Å². The molecule has 1 aromatic carbocycles. The van der Waals surface area contributed by atoms with E-state index in [-0.39, 0.29) is 46.5 Å².